The molecule has 112 valence electrons. The molecule has 3 nitrogen and oxygen atoms in total. The number of nitrogens with one attached hydrogen (secondary N) is 1. The molecular weight excluding hydrogens is 248 g/mol. The Hall–Kier alpha value is -1.22. The minimum absolute atomic E-state index is 0. The highest BCUT2D eigenvalue weighted by atomic mass is 16.5. The van der Waals surface area contributed by atoms with Crippen molar-refractivity contribution >= 4 is 5.69 Å². The maximum absolute atomic E-state index is 5.84. The van der Waals surface area contributed by atoms with Crippen LogP contribution in [0.1, 0.15) is 46.0 Å². The predicted octanol–water partition coefficient (Wildman–Crippen LogP) is 3.71. The van der Waals surface area contributed by atoms with Crippen LogP contribution < -0.4 is 10.1 Å². The lowest BCUT2D eigenvalue weighted by Gasteiger charge is -2.23. The second-order valence-corrected chi connectivity index (χ2v) is 6.51. The quantitative estimate of drug-likeness (QED) is 0.907. The fraction of sp³-hybridized carbons (Fsp3) is 0.647. The molecule has 1 fully saturated rings. The van der Waals surface area contributed by atoms with E-state index in [9.17, 15) is 0 Å². The molecule has 2 atom stereocenters. The summed E-state index contributed by atoms with van der Waals surface area (Å²) in [4.78, 5) is 2.52. The van der Waals surface area contributed by atoms with E-state index in [2.05, 4.69) is 49.3 Å². The summed E-state index contributed by atoms with van der Waals surface area (Å²) in [6, 6.07) is 7.25. The molecule has 0 aromatic heterocycles. The molecule has 0 radical (unpaired) electrons. The van der Waals surface area contributed by atoms with Crippen LogP contribution in [0, 0.1) is 0 Å². The molecule has 20 heavy (non-hydrogen) atoms. The lowest BCUT2D eigenvalue weighted by Crippen LogP contribution is -2.27. The highest BCUT2D eigenvalue weighted by Crippen LogP contribution is 2.38. The van der Waals surface area contributed by atoms with Crippen molar-refractivity contribution in [3.8, 4) is 5.75 Å². The van der Waals surface area contributed by atoms with E-state index < -0.39 is 0 Å². The molecule has 0 aliphatic carbocycles. The summed E-state index contributed by atoms with van der Waals surface area (Å²) in [5.41, 5.74) is 2.75. The van der Waals surface area contributed by atoms with Crippen molar-refractivity contribution in [1.29, 1.82) is 0 Å². The standard InChI is InChI=1S/C17H26N2O.H2/c1-12(2)20-15-6-7-17-16(10-15)13(11-18-17)9-14-5-4-8-19(14)3;/h6-7,10,12-14,18H,4-5,8-9,11H2,1-3H3;1H/t13?,14-;/m1./s1. The van der Waals surface area contributed by atoms with Crippen LogP contribution in [0.2, 0.25) is 0 Å². The number of benzene rings is 1. The van der Waals surface area contributed by atoms with Crippen molar-refractivity contribution < 1.29 is 6.16 Å². The van der Waals surface area contributed by atoms with E-state index in [1.54, 1.807) is 0 Å². The molecule has 3 heteroatoms. The second-order valence-electron chi connectivity index (χ2n) is 6.51. The first kappa shape index (κ1) is 13.7. The van der Waals surface area contributed by atoms with Gasteiger partial charge < -0.3 is 15.0 Å². The van der Waals surface area contributed by atoms with Crippen LogP contribution in [0.3, 0.4) is 0 Å². The topological polar surface area (TPSA) is 24.5 Å². The van der Waals surface area contributed by atoms with Crippen molar-refractivity contribution in [3.63, 3.8) is 0 Å². The van der Waals surface area contributed by atoms with Crippen molar-refractivity contribution in [2.45, 2.75) is 51.2 Å². The van der Waals surface area contributed by atoms with E-state index >= 15 is 0 Å². The van der Waals surface area contributed by atoms with Crippen LogP contribution in [0.15, 0.2) is 18.2 Å². The smallest absolute Gasteiger partial charge is 0.120 e. The Labute approximate surface area is 123 Å². The SMILES string of the molecule is CC(C)Oc1ccc2c(c1)C(C[C@H]1CCCN1C)CN2.[HH]. The number of hydrogen-bond acceptors (Lipinski definition) is 3. The summed E-state index contributed by atoms with van der Waals surface area (Å²) in [5, 5.41) is 3.55. The van der Waals surface area contributed by atoms with Crippen LogP contribution in [-0.4, -0.2) is 37.2 Å². The van der Waals surface area contributed by atoms with Crippen molar-refractivity contribution in [2.75, 3.05) is 25.5 Å². The van der Waals surface area contributed by atoms with Gasteiger partial charge in [0.05, 0.1) is 6.10 Å². The third kappa shape index (κ3) is 2.78. The van der Waals surface area contributed by atoms with E-state index in [4.69, 9.17) is 4.74 Å². The van der Waals surface area contributed by atoms with Gasteiger partial charge in [0.2, 0.25) is 0 Å². The lowest BCUT2D eigenvalue weighted by atomic mass is 9.93. The van der Waals surface area contributed by atoms with E-state index in [1.807, 2.05) is 0 Å². The molecule has 2 heterocycles. The van der Waals surface area contributed by atoms with Crippen LogP contribution in [0.4, 0.5) is 5.69 Å². The maximum Gasteiger partial charge on any atom is 0.120 e. The Balaban J connectivity index is 0.00000161. The molecule has 1 unspecified atom stereocenters. The van der Waals surface area contributed by atoms with Crippen molar-refractivity contribution in [1.82, 2.24) is 4.90 Å². The van der Waals surface area contributed by atoms with Gasteiger partial charge in [0.1, 0.15) is 5.75 Å². The van der Waals surface area contributed by atoms with Gasteiger partial charge in [-0.1, -0.05) is 0 Å². The monoisotopic (exact) mass is 276 g/mol. The average molecular weight is 276 g/mol. The van der Waals surface area contributed by atoms with Crippen LogP contribution >= 0.6 is 0 Å². The molecule has 0 saturated carbocycles. The van der Waals surface area contributed by atoms with Gasteiger partial charge in [0, 0.05) is 25.6 Å². The molecule has 2 aliphatic rings. The van der Waals surface area contributed by atoms with Gasteiger partial charge in [-0.2, -0.15) is 0 Å². The average Bonchev–Trinajstić information content (AvgIpc) is 2.97. The summed E-state index contributed by atoms with van der Waals surface area (Å²) in [7, 11) is 2.26. The minimum atomic E-state index is 0. The first-order valence-corrected chi connectivity index (χ1v) is 7.88. The molecule has 1 aromatic carbocycles. The van der Waals surface area contributed by atoms with Crippen molar-refractivity contribution in [2.24, 2.45) is 0 Å². The summed E-state index contributed by atoms with van der Waals surface area (Å²) < 4.78 is 5.84. The molecule has 0 amide bonds. The van der Waals surface area contributed by atoms with Gasteiger partial charge in [-0.15, -0.1) is 0 Å². The Morgan fingerprint density at radius 2 is 2.30 bits per heavy atom. The number of hydrogen-bond donors (Lipinski definition) is 1. The third-order valence-electron chi connectivity index (χ3n) is 4.60. The number of fused-ring (bicyclic) bond motifs is 1. The molecule has 3 rings (SSSR count). The highest BCUT2D eigenvalue weighted by molar-refractivity contribution is 5.60. The number of nitrogens with zero attached hydrogens (tertiary/aromatic N) is 1. The van der Waals surface area contributed by atoms with Crippen LogP contribution in [-0.2, 0) is 0 Å². The summed E-state index contributed by atoms with van der Waals surface area (Å²) in [5.74, 6) is 1.64. The van der Waals surface area contributed by atoms with E-state index in [0.717, 1.165) is 18.3 Å². The molecule has 1 aromatic rings. The number of likely N-dealkylation sites (tertiary alicyclic amines) is 1. The highest BCUT2D eigenvalue weighted by Gasteiger charge is 2.29. The maximum atomic E-state index is 5.84. The zero-order valence-electron chi connectivity index (χ0n) is 12.9. The molecule has 0 bridgehead atoms. The Morgan fingerprint density at radius 1 is 1.45 bits per heavy atom. The van der Waals surface area contributed by atoms with E-state index in [-0.39, 0.29) is 7.53 Å². The Bertz CT molecular complexity index is 478. The first-order valence-electron chi connectivity index (χ1n) is 7.88. The van der Waals surface area contributed by atoms with Gasteiger partial charge in [-0.05, 0) is 70.5 Å². The van der Waals surface area contributed by atoms with Gasteiger partial charge >= 0.3 is 0 Å². The molecule has 1 N–H and O–H groups in total. The first-order chi connectivity index (χ1) is 9.63. The number of ether oxygens (including phenoxy) is 1. The normalized spacial score (nSPS) is 25.8. The van der Waals surface area contributed by atoms with Gasteiger partial charge in [0.15, 0.2) is 0 Å². The van der Waals surface area contributed by atoms with E-state index in [0.29, 0.717) is 5.92 Å². The molecule has 1 saturated heterocycles. The molecule has 2 aliphatic heterocycles. The van der Waals surface area contributed by atoms with Crippen LogP contribution in [0.5, 0.6) is 5.75 Å². The second kappa shape index (κ2) is 5.65. The lowest BCUT2D eigenvalue weighted by molar-refractivity contribution is 0.242. The zero-order valence-corrected chi connectivity index (χ0v) is 12.9. The summed E-state index contributed by atoms with van der Waals surface area (Å²) in [6.45, 7) is 6.49. The summed E-state index contributed by atoms with van der Waals surface area (Å²) in [6.07, 6.45) is 4.21. The molecule has 0 spiro atoms. The molecular formula is C17H28N2O. The Kier molecular flexibility index (Phi) is 3.88. The fourth-order valence-corrected chi connectivity index (χ4v) is 3.54. The van der Waals surface area contributed by atoms with Crippen LogP contribution in [0.25, 0.3) is 0 Å². The van der Waals surface area contributed by atoms with Crippen molar-refractivity contribution in [3.05, 3.63) is 23.8 Å². The number of rotatable bonds is 4. The van der Waals surface area contributed by atoms with Gasteiger partial charge in [0.25, 0.3) is 0 Å². The number of anilines is 1. The third-order valence-corrected chi connectivity index (χ3v) is 4.60. The van der Waals surface area contributed by atoms with E-state index in [1.165, 1.54) is 37.1 Å². The van der Waals surface area contributed by atoms with Gasteiger partial charge in [-0.3, -0.25) is 0 Å². The van der Waals surface area contributed by atoms with Gasteiger partial charge in [-0.25, -0.2) is 0 Å². The minimum Gasteiger partial charge on any atom is -0.491 e. The largest absolute Gasteiger partial charge is 0.491 e. The summed E-state index contributed by atoms with van der Waals surface area (Å²) >= 11 is 0. The Morgan fingerprint density at radius 3 is 3.00 bits per heavy atom. The zero-order chi connectivity index (χ0) is 14.1. The predicted molar refractivity (Wildman–Crippen MR) is 85.8 cm³/mol. The fourth-order valence-electron chi connectivity index (χ4n) is 3.54.